The number of pyridine rings is 1. The Morgan fingerprint density at radius 1 is 1.17 bits per heavy atom. The summed E-state index contributed by atoms with van der Waals surface area (Å²) in [6, 6.07) is 3.45. The first kappa shape index (κ1) is 20.8. The van der Waals surface area contributed by atoms with Crippen LogP contribution < -0.4 is 4.90 Å². The van der Waals surface area contributed by atoms with Crippen molar-refractivity contribution in [3.63, 3.8) is 0 Å². The van der Waals surface area contributed by atoms with E-state index in [2.05, 4.69) is 19.9 Å². The molecule has 0 atom stereocenters. The highest BCUT2D eigenvalue weighted by Gasteiger charge is 2.61. The summed E-state index contributed by atoms with van der Waals surface area (Å²) >= 11 is 6.21. The van der Waals surface area contributed by atoms with Crippen molar-refractivity contribution in [2.45, 2.75) is 44.5 Å². The predicted molar refractivity (Wildman–Crippen MR) is 106 cm³/mol. The Morgan fingerprint density at radius 3 is 2.47 bits per heavy atom. The number of fused-ring (bicyclic) bond motifs is 1. The van der Waals surface area contributed by atoms with Crippen molar-refractivity contribution in [3.05, 3.63) is 41.2 Å². The molecule has 0 saturated carbocycles. The van der Waals surface area contributed by atoms with Gasteiger partial charge in [0.2, 0.25) is 0 Å². The van der Waals surface area contributed by atoms with E-state index in [0.717, 1.165) is 0 Å². The maximum atomic E-state index is 13.1. The highest BCUT2D eigenvalue weighted by molar-refractivity contribution is 6.31. The molecule has 1 aliphatic rings. The van der Waals surface area contributed by atoms with Crippen molar-refractivity contribution in [1.29, 1.82) is 0 Å². The Bertz CT molecular complexity index is 1100. The van der Waals surface area contributed by atoms with Gasteiger partial charge < -0.3 is 14.6 Å². The lowest BCUT2D eigenvalue weighted by molar-refractivity contribution is -0.267. The van der Waals surface area contributed by atoms with Crippen LogP contribution in [0.25, 0.3) is 11.2 Å². The minimum absolute atomic E-state index is 0.268. The van der Waals surface area contributed by atoms with Crippen molar-refractivity contribution >= 4 is 28.6 Å². The molecular formula is C19H20ClF3N6O. The lowest BCUT2D eigenvalue weighted by Gasteiger charge is -2.47. The van der Waals surface area contributed by atoms with E-state index in [0.29, 0.717) is 34.2 Å². The second-order valence-corrected chi connectivity index (χ2v) is 8.89. The number of aliphatic hydroxyl groups is 1. The van der Waals surface area contributed by atoms with Crippen LogP contribution in [0.3, 0.4) is 0 Å². The van der Waals surface area contributed by atoms with Crippen LogP contribution in [-0.4, -0.2) is 54.5 Å². The Labute approximate surface area is 175 Å². The Kier molecular flexibility index (Phi) is 4.70. The summed E-state index contributed by atoms with van der Waals surface area (Å²) in [6.45, 7) is 4.82. The summed E-state index contributed by atoms with van der Waals surface area (Å²) < 4.78 is 41.0. The highest BCUT2D eigenvalue weighted by atomic mass is 35.5. The molecule has 3 aromatic heterocycles. The van der Waals surface area contributed by atoms with E-state index in [-0.39, 0.29) is 5.82 Å². The summed E-state index contributed by atoms with van der Waals surface area (Å²) in [5.74, 6) is 0.728. The molecule has 7 nitrogen and oxygen atoms in total. The van der Waals surface area contributed by atoms with Gasteiger partial charge in [-0.1, -0.05) is 32.4 Å². The van der Waals surface area contributed by atoms with E-state index in [1.165, 1.54) is 11.2 Å². The van der Waals surface area contributed by atoms with Crippen LogP contribution in [0.2, 0.25) is 5.02 Å². The zero-order chi connectivity index (χ0) is 21.9. The van der Waals surface area contributed by atoms with Crippen LogP contribution in [0, 0.1) is 0 Å². The van der Waals surface area contributed by atoms with Gasteiger partial charge in [0.15, 0.2) is 22.6 Å². The molecule has 1 saturated heterocycles. The molecule has 3 aromatic rings. The normalized spacial score (nSPS) is 16.7. The maximum absolute atomic E-state index is 13.1. The number of hydrogen-bond donors (Lipinski definition) is 1. The molecular weight excluding hydrogens is 421 g/mol. The minimum Gasteiger partial charge on any atom is -0.378 e. The number of hydrogen-bond acceptors (Lipinski definition) is 6. The zero-order valence-electron chi connectivity index (χ0n) is 16.6. The summed E-state index contributed by atoms with van der Waals surface area (Å²) in [5, 5.41) is 10.3. The van der Waals surface area contributed by atoms with Crippen molar-refractivity contribution < 1.29 is 18.3 Å². The number of rotatable bonds is 3. The van der Waals surface area contributed by atoms with Gasteiger partial charge in [-0.15, -0.1) is 0 Å². The molecule has 0 aliphatic carbocycles. The number of nitrogens with zero attached hydrogens (tertiary/aromatic N) is 6. The van der Waals surface area contributed by atoms with Gasteiger partial charge in [0, 0.05) is 11.6 Å². The molecule has 30 heavy (non-hydrogen) atoms. The number of aromatic nitrogens is 5. The third-order valence-corrected chi connectivity index (χ3v) is 5.35. The Morgan fingerprint density at radius 2 is 1.87 bits per heavy atom. The van der Waals surface area contributed by atoms with Gasteiger partial charge in [0.1, 0.15) is 5.82 Å². The first-order valence-electron chi connectivity index (χ1n) is 9.26. The molecule has 0 radical (unpaired) electrons. The van der Waals surface area contributed by atoms with E-state index < -0.39 is 30.3 Å². The molecule has 0 amide bonds. The quantitative estimate of drug-likeness (QED) is 0.673. The Balaban J connectivity index is 1.78. The summed E-state index contributed by atoms with van der Waals surface area (Å²) in [7, 11) is 0. The molecule has 160 valence electrons. The zero-order valence-corrected chi connectivity index (χ0v) is 17.3. The third-order valence-electron chi connectivity index (χ3n) is 5.00. The van der Waals surface area contributed by atoms with Gasteiger partial charge in [-0.2, -0.15) is 13.2 Å². The predicted octanol–water partition coefficient (Wildman–Crippen LogP) is 3.33. The first-order chi connectivity index (χ1) is 13.9. The smallest absolute Gasteiger partial charge is 0.378 e. The lowest BCUT2D eigenvalue weighted by atomic mass is 9.93. The number of alkyl halides is 3. The summed E-state index contributed by atoms with van der Waals surface area (Å²) in [4.78, 5) is 19.1. The van der Waals surface area contributed by atoms with Crippen LogP contribution in [0.1, 0.15) is 32.3 Å². The van der Waals surface area contributed by atoms with Gasteiger partial charge in [0.25, 0.3) is 0 Å². The maximum Gasteiger partial charge on any atom is 0.420 e. The highest BCUT2D eigenvalue weighted by Crippen LogP contribution is 2.41. The van der Waals surface area contributed by atoms with Crippen molar-refractivity contribution in [2.75, 3.05) is 18.0 Å². The van der Waals surface area contributed by atoms with Crippen molar-refractivity contribution in [1.82, 2.24) is 24.5 Å². The molecule has 0 aromatic carbocycles. The van der Waals surface area contributed by atoms with E-state index >= 15 is 0 Å². The second kappa shape index (κ2) is 6.78. The van der Waals surface area contributed by atoms with E-state index in [4.69, 9.17) is 11.6 Å². The molecule has 11 heteroatoms. The van der Waals surface area contributed by atoms with E-state index in [1.54, 1.807) is 22.9 Å². The van der Waals surface area contributed by atoms with E-state index in [9.17, 15) is 18.3 Å². The van der Waals surface area contributed by atoms with Crippen molar-refractivity contribution in [3.8, 4) is 0 Å². The van der Waals surface area contributed by atoms with Crippen LogP contribution >= 0.6 is 11.6 Å². The van der Waals surface area contributed by atoms with Gasteiger partial charge in [-0.25, -0.2) is 15.0 Å². The molecule has 0 spiro atoms. The second-order valence-electron chi connectivity index (χ2n) is 8.48. The van der Waals surface area contributed by atoms with E-state index in [1.807, 2.05) is 20.8 Å². The molecule has 0 bridgehead atoms. The molecule has 1 aliphatic heterocycles. The number of anilines is 1. The molecule has 4 heterocycles. The minimum atomic E-state index is -4.71. The van der Waals surface area contributed by atoms with Crippen LogP contribution in [0.15, 0.2) is 24.7 Å². The van der Waals surface area contributed by atoms with Crippen LogP contribution in [0.4, 0.5) is 19.0 Å². The number of imidazole rings is 1. The standard InChI is InChI=1S/C19H20ClF3N6O/c1-17(2,3)16-26-14-13(15(27-16)29-8-18(30,9-29)19(21,22)23)25-10-28(14)7-12-11(20)5-4-6-24-12/h4-6,10,30H,7-9H2,1-3H3. The van der Waals surface area contributed by atoms with Crippen molar-refractivity contribution in [2.24, 2.45) is 0 Å². The monoisotopic (exact) mass is 440 g/mol. The van der Waals surface area contributed by atoms with Crippen LogP contribution in [0.5, 0.6) is 0 Å². The fourth-order valence-corrected chi connectivity index (χ4v) is 3.39. The lowest BCUT2D eigenvalue weighted by Crippen LogP contribution is -2.69. The average molecular weight is 441 g/mol. The van der Waals surface area contributed by atoms with Crippen LogP contribution in [-0.2, 0) is 12.0 Å². The average Bonchev–Trinajstić information content (AvgIpc) is 3.01. The Hall–Kier alpha value is -2.46. The summed E-state index contributed by atoms with van der Waals surface area (Å²) in [5.41, 5.74) is -1.76. The first-order valence-corrected chi connectivity index (χ1v) is 9.64. The van der Waals surface area contributed by atoms with Gasteiger partial charge in [0.05, 0.1) is 36.7 Å². The molecule has 1 fully saturated rings. The SMILES string of the molecule is CC(C)(C)c1nc(N2CC(O)(C(F)(F)F)C2)c2ncn(Cc3ncccc3Cl)c2n1. The molecule has 0 unspecified atom stereocenters. The van der Waals surface area contributed by atoms with Gasteiger partial charge >= 0.3 is 6.18 Å². The van der Waals surface area contributed by atoms with Gasteiger partial charge in [-0.05, 0) is 12.1 Å². The fraction of sp³-hybridized carbons (Fsp3) is 0.474. The third kappa shape index (κ3) is 3.47. The topological polar surface area (TPSA) is 80.0 Å². The largest absolute Gasteiger partial charge is 0.420 e. The number of halogens is 4. The molecule has 4 rings (SSSR count). The molecule has 1 N–H and O–H groups in total. The van der Waals surface area contributed by atoms with Gasteiger partial charge in [-0.3, -0.25) is 4.98 Å². The fourth-order valence-electron chi connectivity index (χ4n) is 3.21. The number of β-amino-alcohol motifs (C(OH)–C–C–N with tert-alkyl or cyclic N) is 1. The summed E-state index contributed by atoms with van der Waals surface area (Å²) in [6.07, 6.45) is -1.55.